The molecule has 2 N–H and O–H groups in total. The van der Waals surface area contributed by atoms with Gasteiger partial charge in [0.05, 0.1) is 6.10 Å². The van der Waals surface area contributed by atoms with E-state index in [2.05, 4.69) is 10.2 Å². The minimum absolute atomic E-state index is 0.0647. The summed E-state index contributed by atoms with van der Waals surface area (Å²) in [5, 5.41) is 13.1. The zero-order chi connectivity index (χ0) is 17.2. The molecule has 1 aromatic carbocycles. The minimum atomic E-state index is -0.529. The maximum absolute atomic E-state index is 12.1. The molecule has 0 spiro atoms. The van der Waals surface area contributed by atoms with Gasteiger partial charge in [-0.1, -0.05) is 43.2 Å². The van der Waals surface area contributed by atoms with E-state index in [4.69, 9.17) is 0 Å². The lowest BCUT2D eigenvalue weighted by atomic mass is 10.1. The second kappa shape index (κ2) is 10.3. The van der Waals surface area contributed by atoms with Gasteiger partial charge in [-0.05, 0) is 37.9 Å². The Morgan fingerprint density at radius 2 is 1.88 bits per heavy atom. The third-order valence-electron chi connectivity index (χ3n) is 4.67. The topological polar surface area (TPSA) is 55.8 Å². The molecule has 0 saturated carbocycles. The maximum atomic E-state index is 12.1. The molecule has 24 heavy (non-hydrogen) atoms. The highest BCUT2D eigenvalue weighted by molar-refractivity contribution is 5.73. The van der Waals surface area contributed by atoms with Gasteiger partial charge in [-0.2, -0.15) is 0 Å². The van der Waals surface area contributed by atoms with E-state index in [0.717, 1.165) is 25.2 Å². The first kappa shape index (κ1) is 18.7. The summed E-state index contributed by atoms with van der Waals surface area (Å²) in [6.07, 6.45) is 5.21. The van der Waals surface area contributed by atoms with E-state index in [0.29, 0.717) is 19.5 Å². The summed E-state index contributed by atoms with van der Waals surface area (Å²) in [5.74, 6) is 0. The highest BCUT2D eigenvalue weighted by Crippen LogP contribution is 2.16. The SMILES string of the molecule is CN(CC[C@@H](O)c1ccccc1)C(=O)NCCN1CCCCCC1. The molecule has 0 bridgehead atoms. The lowest BCUT2D eigenvalue weighted by Crippen LogP contribution is -2.42. The number of benzene rings is 1. The summed E-state index contributed by atoms with van der Waals surface area (Å²) < 4.78 is 0. The van der Waals surface area contributed by atoms with Crippen LogP contribution in [0.5, 0.6) is 0 Å². The standard InChI is InChI=1S/C19H31N3O2/c1-21(15-11-18(23)17-9-5-4-6-10-17)19(24)20-12-16-22-13-7-2-3-8-14-22/h4-6,9-10,18,23H,2-3,7-8,11-16H2,1H3,(H,20,24)/t18-/m1/s1. The van der Waals surface area contributed by atoms with Gasteiger partial charge in [0.1, 0.15) is 0 Å². The van der Waals surface area contributed by atoms with E-state index in [9.17, 15) is 9.90 Å². The fourth-order valence-electron chi connectivity index (χ4n) is 3.08. The van der Waals surface area contributed by atoms with Gasteiger partial charge in [-0.15, -0.1) is 0 Å². The van der Waals surface area contributed by atoms with Crippen LogP contribution in [0, 0.1) is 0 Å². The van der Waals surface area contributed by atoms with Crippen LogP contribution in [-0.4, -0.2) is 60.7 Å². The van der Waals surface area contributed by atoms with Crippen molar-refractivity contribution >= 4 is 6.03 Å². The van der Waals surface area contributed by atoms with Crippen molar-refractivity contribution in [3.8, 4) is 0 Å². The van der Waals surface area contributed by atoms with Crippen molar-refractivity contribution in [2.45, 2.75) is 38.2 Å². The molecule has 1 heterocycles. The number of aliphatic hydroxyl groups is 1. The zero-order valence-electron chi connectivity index (χ0n) is 14.8. The molecular formula is C19H31N3O2. The van der Waals surface area contributed by atoms with Crippen molar-refractivity contribution in [2.75, 3.05) is 39.8 Å². The molecule has 1 aromatic rings. The number of amides is 2. The van der Waals surface area contributed by atoms with E-state index in [1.807, 2.05) is 30.3 Å². The summed E-state index contributed by atoms with van der Waals surface area (Å²) in [6.45, 7) is 4.44. The molecule has 1 atom stereocenters. The van der Waals surface area contributed by atoms with Crippen molar-refractivity contribution in [3.05, 3.63) is 35.9 Å². The second-order valence-corrected chi connectivity index (χ2v) is 6.62. The molecule has 0 radical (unpaired) electrons. The predicted molar refractivity (Wildman–Crippen MR) is 97.0 cm³/mol. The molecule has 5 nitrogen and oxygen atoms in total. The van der Waals surface area contributed by atoms with Crippen molar-refractivity contribution in [2.24, 2.45) is 0 Å². The first-order valence-electron chi connectivity index (χ1n) is 9.11. The van der Waals surface area contributed by atoms with E-state index in [1.54, 1.807) is 11.9 Å². The van der Waals surface area contributed by atoms with Gasteiger partial charge in [-0.3, -0.25) is 0 Å². The van der Waals surface area contributed by atoms with Crippen LogP contribution in [-0.2, 0) is 0 Å². The number of hydrogen-bond donors (Lipinski definition) is 2. The van der Waals surface area contributed by atoms with Gasteiger partial charge in [0.25, 0.3) is 0 Å². The highest BCUT2D eigenvalue weighted by Gasteiger charge is 2.13. The van der Waals surface area contributed by atoms with Crippen LogP contribution in [0.25, 0.3) is 0 Å². The number of carbonyl (C=O) groups is 1. The average molecular weight is 333 g/mol. The fourth-order valence-corrected chi connectivity index (χ4v) is 3.08. The van der Waals surface area contributed by atoms with Crippen molar-refractivity contribution in [1.29, 1.82) is 0 Å². The van der Waals surface area contributed by atoms with Crippen molar-refractivity contribution in [3.63, 3.8) is 0 Å². The molecule has 1 aliphatic heterocycles. The average Bonchev–Trinajstić information content (AvgIpc) is 2.88. The van der Waals surface area contributed by atoms with Crippen molar-refractivity contribution < 1.29 is 9.90 Å². The number of urea groups is 1. The van der Waals surface area contributed by atoms with Crippen molar-refractivity contribution in [1.82, 2.24) is 15.1 Å². The Morgan fingerprint density at radius 1 is 1.21 bits per heavy atom. The molecule has 5 heteroatoms. The van der Waals surface area contributed by atoms with Crippen LogP contribution >= 0.6 is 0 Å². The summed E-state index contributed by atoms with van der Waals surface area (Å²) in [6, 6.07) is 9.51. The second-order valence-electron chi connectivity index (χ2n) is 6.62. The van der Waals surface area contributed by atoms with Gasteiger partial charge in [0.15, 0.2) is 0 Å². The Morgan fingerprint density at radius 3 is 2.54 bits per heavy atom. The Bertz CT molecular complexity index is 473. The molecule has 1 aliphatic rings. The van der Waals surface area contributed by atoms with Crippen LogP contribution in [0.2, 0.25) is 0 Å². The third-order valence-corrected chi connectivity index (χ3v) is 4.67. The zero-order valence-corrected chi connectivity index (χ0v) is 14.8. The van der Waals surface area contributed by atoms with Crippen LogP contribution in [0.4, 0.5) is 4.79 Å². The Hall–Kier alpha value is -1.59. The van der Waals surface area contributed by atoms with Crippen LogP contribution in [0.3, 0.4) is 0 Å². The number of rotatable bonds is 7. The molecule has 0 aromatic heterocycles. The highest BCUT2D eigenvalue weighted by atomic mass is 16.3. The van der Waals surface area contributed by atoms with Crippen LogP contribution in [0.1, 0.15) is 43.8 Å². The maximum Gasteiger partial charge on any atom is 0.317 e. The molecule has 0 unspecified atom stereocenters. The Balaban J connectivity index is 1.62. The van der Waals surface area contributed by atoms with Gasteiger partial charge >= 0.3 is 6.03 Å². The molecule has 0 aliphatic carbocycles. The molecule has 1 saturated heterocycles. The number of hydrogen-bond acceptors (Lipinski definition) is 3. The van der Waals surface area contributed by atoms with Gasteiger partial charge in [-0.25, -0.2) is 4.79 Å². The lowest BCUT2D eigenvalue weighted by Gasteiger charge is -2.22. The number of likely N-dealkylation sites (tertiary alicyclic amines) is 1. The molecule has 2 rings (SSSR count). The predicted octanol–water partition coefficient (Wildman–Crippen LogP) is 2.63. The normalized spacial score (nSPS) is 17.1. The first-order chi connectivity index (χ1) is 11.7. The van der Waals surface area contributed by atoms with Gasteiger partial charge in [0, 0.05) is 26.7 Å². The number of nitrogens with zero attached hydrogens (tertiary/aromatic N) is 2. The largest absolute Gasteiger partial charge is 0.388 e. The molecule has 134 valence electrons. The molecular weight excluding hydrogens is 302 g/mol. The summed E-state index contributed by atoms with van der Waals surface area (Å²) in [4.78, 5) is 16.2. The summed E-state index contributed by atoms with van der Waals surface area (Å²) >= 11 is 0. The molecule has 1 fully saturated rings. The monoisotopic (exact) mass is 333 g/mol. The first-order valence-corrected chi connectivity index (χ1v) is 9.11. The van der Waals surface area contributed by atoms with Gasteiger partial charge < -0.3 is 20.2 Å². The van der Waals surface area contributed by atoms with E-state index < -0.39 is 6.10 Å². The lowest BCUT2D eigenvalue weighted by molar-refractivity contribution is 0.149. The quantitative estimate of drug-likeness (QED) is 0.806. The minimum Gasteiger partial charge on any atom is -0.388 e. The Labute approximate surface area is 145 Å². The molecule has 2 amide bonds. The van der Waals surface area contributed by atoms with E-state index in [-0.39, 0.29) is 6.03 Å². The number of nitrogens with one attached hydrogen (secondary N) is 1. The Kier molecular flexibility index (Phi) is 8.05. The number of carbonyl (C=O) groups excluding carboxylic acids is 1. The fraction of sp³-hybridized carbons (Fsp3) is 0.632. The summed E-state index contributed by atoms with van der Waals surface area (Å²) in [7, 11) is 1.78. The third kappa shape index (κ3) is 6.49. The van der Waals surface area contributed by atoms with Gasteiger partial charge in [0.2, 0.25) is 0 Å². The van der Waals surface area contributed by atoms with Crippen LogP contribution < -0.4 is 5.32 Å². The van der Waals surface area contributed by atoms with E-state index in [1.165, 1.54) is 25.7 Å². The smallest absolute Gasteiger partial charge is 0.317 e. The summed E-state index contributed by atoms with van der Waals surface area (Å²) in [5.41, 5.74) is 0.896. The number of aliphatic hydroxyl groups excluding tert-OH is 1. The van der Waals surface area contributed by atoms with E-state index >= 15 is 0 Å². The van der Waals surface area contributed by atoms with Crippen LogP contribution in [0.15, 0.2) is 30.3 Å².